The van der Waals surface area contributed by atoms with Crippen LogP contribution in [0.4, 0.5) is 0 Å². The molecule has 0 aliphatic carbocycles. The molecule has 6 heteroatoms. The molecule has 0 aromatic heterocycles. The average molecular weight is 214 g/mol. The Morgan fingerprint density at radius 1 is 1.12 bits per heavy atom. The standard InChI is InChI=1S/C10H6N4O2/c11-14-13-8-7(9(15)12-10(8)16)6-4-2-1-3-5-6/h1-5H,(H,12,15,16). The average Bonchev–Trinajstić information content (AvgIpc) is 2.56. The van der Waals surface area contributed by atoms with Gasteiger partial charge in [0, 0.05) is 4.91 Å². The molecular weight excluding hydrogens is 208 g/mol. The van der Waals surface area contributed by atoms with Crippen LogP contribution < -0.4 is 5.32 Å². The third-order valence-corrected chi connectivity index (χ3v) is 2.11. The molecule has 78 valence electrons. The van der Waals surface area contributed by atoms with Crippen LogP contribution in [0.3, 0.4) is 0 Å². The van der Waals surface area contributed by atoms with Gasteiger partial charge >= 0.3 is 0 Å². The van der Waals surface area contributed by atoms with E-state index in [0.717, 1.165) is 0 Å². The van der Waals surface area contributed by atoms with Crippen LogP contribution in [0, 0.1) is 0 Å². The van der Waals surface area contributed by atoms with E-state index in [9.17, 15) is 9.59 Å². The molecule has 1 aliphatic rings. The molecule has 1 aliphatic heterocycles. The normalized spacial score (nSPS) is 14.8. The van der Waals surface area contributed by atoms with Gasteiger partial charge in [0.05, 0.1) is 5.57 Å². The van der Waals surface area contributed by atoms with Crippen molar-refractivity contribution in [3.8, 4) is 0 Å². The Labute approximate surface area is 90.2 Å². The first-order chi connectivity index (χ1) is 7.74. The molecule has 1 N–H and O–H groups in total. The second-order valence-corrected chi connectivity index (χ2v) is 3.06. The third kappa shape index (κ3) is 1.53. The SMILES string of the molecule is [N-]=[N+]=NC1=C(c2ccccc2)C(=O)NC1=O. The van der Waals surface area contributed by atoms with E-state index in [4.69, 9.17) is 5.53 Å². The highest BCUT2D eigenvalue weighted by Gasteiger charge is 2.30. The highest BCUT2D eigenvalue weighted by molar-refractivity contribution is 6.35. The van der Waals surface area contributed by atoms with Crippen LogP contribution in [0.2, 0.25) is 0 Å². The van der Waals surface area contributed by atoms with Crippen LogP contribution in [0.15, 0.2) is 41.1 Å². The van der Waals surface area contributed by atoms with Crippen molar-refractivity contribution >= 4 is 17.4 Å². The second-order valence-electron chi connectivity index (χ2n) is 3.06. The Kier molecular flexibility index (Phi) is 2.41. The molecule has 0 radical (unpaired) electrons. The van der Waals surface area contributed by atoms with E-state index in [1.807, 2.05) is 0 Å². The van der Waals surface area contributed by atoms with Gasteiger partial charge in [-0.15, -0.1) is 0 Å². The predicted molar refractivity (Wildman–Crippen MR) is 55.7 cm³/mol. The van der Waals surface area contributed by atoms with Gasteiger partial charge in [-0.2, -0.15) is 0 Å². The molecule has 6 nitrogen and oxygen atoms in total. The van der Waals surface area contributed by atoms with Crippen molar-refractivity contribution in [3.63, 3.8) is 0 Å². The molecule has 1 aromatic carbocycles. The summed E-state index contributed by atoms with van der Waals surface area (Å²) in [4.78, 5) is 25.3. The summed E-state index contributed by atoms with van der Waals surface area (Å²) in [5.74, 6) is -1.21. The lowest BCUT2D eigenvalue weighted by atomic mass is 10.1. The largest absolute Gasteiger partial charge is 0.288 e. The minimum absolute atomic E-state index is 0.114. The van der Waals surface area contributed by atoms with E-state index in [0.29, 0.717) is 5.56 Å². The quantitative estimate of drug-likeness (QED) is 0.348. The zero-order valence-electron chi connectivity index (χ0n) is 8.04. The first-order valence-electron chi connectivity index (χ1n) is 4.44. The molecule has 0 atom stereocenters. The smallest absolute Gasteiger partial charge is 0.261 e. The van der Waals surface area contributed by atoms with Gasteiger partial charge in [-0.05, 0) is 11.1 Å². The molecule has 0 saturated carbocycles. The number of amides is 2. The maximum absolute atomic E-state index is 11.5. The summed E-state index contributed by atoms with van der Waals surface area (Å²) < 4.78 is 0. The number of azide groups is 1. The second kappa shape index (κ2) is 3.88. The summed E-state index contributed by atoms with van der Waals surface area (Å²) in [5, 5.41) is 5.32. The van der Waals surface area contributed by atoms with Gasteiger partial charge in [-0.1, -0.05) is 35.4 Å². The van der Waals surface area contributed by atoms with Crippen molar-refractivity contribution in [1.82, 2.24) is 5.32 Å². The number of nitrogens with one attached hydrogen (secondary N) is 1. The Balaban J connectivity index is 2.63. The summed E-state index contributed by atoms with van der Waals surface area (Å²) in [6.45, 7) is 0. The summed E-state index contributed by atoms with van der Waals surface area (Å²) in [5.41, 5.74) is 8.81. The van der Waals surface area contributed by atoms with Gasteiger partial charge in [0.1, 0.15) is 5.70 Å². The van der Waals surface area contributed by atoms with Crippen LogP contribution >= 0.6 is 0 Å². The molecule has 16 heavy (non-hydrogen) atoms. The van der Waals surface area contributed by atoms with Gasteiger partial charge in [0.15, 0.2) is 0 Å². The number of rotatable bonds is 2. The van der Waals surface area contributed by atoms with Gasteiger partial charge in [0.2, 0.25) is 0 Å². The van der Waals surface area contributed by atoms with Crippen molar-refractivity contribution in [2.24, 2.45) is 5.11 Å². The topological polar surface area (TPSA) is 94.9 Å². The highest BCUT2D eigenvalue weighted by Crippen LogP contribution is 2.24. The molecular formula is C10H6N4O2. The minimum Gasteiger partial charge on any atom is -0.288 e. The molecule has 2 rings (SSSR count). The van der Waals surface area contributed by atoms with E-state index in [2.05, 4.69) is 15.3 Å². The van der Waals surface area contributed by atoms with Gasteiger partial charge in [-0.25, -0.2) is 0 Å². The Bertz CT molecular complexity index is 541. The number of imide groups is 1. The molecule has 1 aromatic rings. The summed E-state index contributed by atoms with van der Waals surface area (Å²) in [6.07, 6.45) is 0. The first kappa shape index (κ1) is 9.95. The molecule has 0 spiro atoms. The summed E-state index contributed by atoms with van der Waals surface area (Å²) in [6, 6.07) is 8.57. The lowest BCUT2D eigenvalue weighted by molar-refractivity contribution is -0.123. The number of benzene rings is 1. The molecule has 1 heterocycles. The third-order valence-electron chi connectivity index (χ3n) is 2.11. The van der Waals surface area contributed by atoms with E-state index in [-0.39, 0.29) is 11.3 Å². The molecule has 0 saturated heterocycles. The number of carbonyl (C=O) groups excluding carboxylic acids is 2. The Morgan fingerprint density at radius 2 is 1.81 bits per heavy atom. The fourth-order valence-electron chi connectivity index (χ4n) is 1.46. The van der Waals surface area contributed by atoms with E-state index >= 15 is 0 Å². The van der Waals surface area contributed by atoms with Crippen LogP contribution in [-0.2, 0) is 9.59 Å². The van der Waals surface area contributed by atoms with Crippen molar-refractivity contribution in [3.05, 3.63) is 52.0 Å². The Hall–Kier alpha value is -2.59. The van der Waals surface area contributed by atoms with Crippen molar-refractivity contribution < 1.29 is 9.59 Å². The van der Waals surface area contributed by atoms with Crippen molar-refractivity contribution in [1.29, 1.82) is 0 Å². The maximum Gasteiger partial charge on any atom is 0.261 e. The zero-order valence-corrected chi connectivity index (χ0v) is 8.04. The van der Waals surface area contributed by atoms with Crippen LogP contribution in [0.5, 0.6) is 0 Å². The lowest BCUT2D eigenvalue weighted by Crippen LogP contribution is -2.22. The fourth-order valence-corrected chi connectivity index (χ4v) is 1.46. The van der Waals surface area contributed by atoms with E-state index in [1.54, 1.807) is 30.3 Å². The lowest BCUT2D eigenvalue weighted by Gasteiger charge is -1.99. The number of nitrogens with zero attached hydrogens (tertiary/aromatic N) is 3. The van der Waals surface area contributed by atoms with Crippen molar-refractivity contribution in [2.45, 2.75) is 0 Å². The number of hydrogen-bond donors (Lipinski definition) is 1. The Morgan fingerprint density at radius 3 is 2.44 bits per heavy atom. The minimum atomic E-state index is -0.665. The van der Waals surface area contributed by atoms with Crippen LogP contribution in [0.1, 0.15) is 5.56 Å². The molecule has 2 amide bonds. The maximum atomic E-state index is 11.5. The molecule has 0 unspecified atom stereocenters. The van der Waals surface area contributed by atoms with E-state index in [1.165, 1.54) is 0 Å². The van der Waals surface area contributed by atoms with Gasteiger partial charge < -0.3 is 0 Å². The first-order valence-corrected chi connectivity index (χ1v) is 4.44. The highest BCUT2D eigenvalue weighted by atomic mass is 16.2. The monoisotopic (exact) mass is 214 g/mol. The molecule has 0 fully saturated rings. The van der Waals surface area contributed by atoms with E-state index < -0.39 is 11.8 Å². The fraction of sp³-hybridized carbons (Fsp3) is 0. The number of hydrogen-bond acceptors (Lipinski definition) is 3. The number of carbonyl (C=O) groups is 2. The zero-order chi connectivity index (χ0) is 11.5. The molecule has 0 bridgehead atoms. The van der Waals surface area contributed by atoms with Crippen LogP contribution in [-0.4, -0.2) is 11.8 Å². The van der Waals surface area contributed by atoms with Crippen molar-refractivity contribution in [2.75, 3.05) is 0 Å². The van der Waals surface area contributed by atoms with Crippen LogP contribution in [0.25, 0.3) is 16.0 Å². The predicted octanol–water partition coefficient (Wildman–Crippen LogP) is 1.36. The van der Waals surface area contributed by atoms with Gasteiger partial charge in [-0.3, -0.25) is 14.9 Å². The summed E-state index contributed by atoms with van der Waals surface area (Å²) >= 11 is 0. The van der Waals surface area contributed by atoms with Gasteiger partial charge in [0.25, 0.3) is 11.8 Å². The summed E-state index contributed by atoms with van der Waals surface area (Å²) in [7, 11) is 0.